The summed E-state index contributed by atoms with van der Waals surface area (Å²) < 4.78 is 11.3. The summed E-state index contributed by atoms with van der Waals surface area (Å²) in [5, 5.41) is 10.8. The van der Waals surface area contributed by atoms with Crippen molar-refractivity contribution in [1.82, 2.24) is 4.90 Å². The summed E-state index contributed by atoms with van der Waals surface area (Å²) in [4.78, 5) is 15.0. The third-order valence-corrected chi connectivity index (χ3v) is 6.21. The summed E-state index contributed by atoms with van der Waals surface area (Å²) in [5.74, 6) is 1.33. The van der Waals surface area contributed by atoms with Crippen LogP contribution in [0.1, 0.15) is 23.7 Å². The quantitative estimate of drug-likeness (QED) is 0.249. The summed E-state index contributed by atoms with van der Waals surface area (Å²) >= 11 is 0. The molecule has 4 aromatic carbocycles. The molecule has 0 aliphatic heterocycles. The number of carbonyl (C=O) groups excluding carboxylic acids is 1. The molecule has 0 heterocycles. The minimum atomic E-state index is -0.847. The van der Waals surface area contributed by atoms with E-state index < -0.39 is 6.10 Å². The minimum Gasteiger partial charge on any atom is -0.493 e. The van der Waals surface area contributed by atoms with Crippen molar-refractivity contribution in [3.63, 3.8) is 0 Å². The molecule has 0 saturated heterocycles. The lowest BCUT2D eigenvalue weighted by molar-refractivity contribution is -0.122. The molecule has 0 aliphatic carbocycles. The van der Waals surface area contributed by atoms with E-state index in [1.165, 1.54) is 0 Å². The Balaban J connectivity index is 1.35. The third kappa shape index (κ3) is 7.78. The second kappa shape index (κ2) is 13.4. The van der Waals surface area contributed by atoms with Gasteiger partial charge in [-0.05, 0) is 34.4 Å². The number of methoxy groups -OCH3 is 1. The van der Waals surface area contributed by atoms with Gasteiger partial charge in [0, 0.05) is 19.5 Å². The average molecular weight is 496 g/mol. The molecule has 5 nitrogen and oxygen atoms in total. The van der Waals surface area contributed by atoms with E-state index in [1.54, 1.807) is 7.11 Å². The maximum absolute atomic E-state index is 13.0. The standard InChI is InChI=1S/C32H33NO4/c1-36-31-14-8-9-15-32(31)37-21-20-33(23-25-10-4-2-5-11-25)24-29(34)22-30(35)28-18-16-27(17-19-28)26-12-6-3-7-13-26/h2-19,30,35H,20-24H2,1H3. The van der Waals surface area contributed by atoms with Gasteiger partial charge in [0.25, 0.3) is 0 Å². The van der Waals surface area contributed by atoms with Crippen LogP contribution in [-0.4, -0.2) is 42.6 Å². The zero-order valence-electron chi connectivity index (χ0n) is 21.1. The first-order valence-corrected chi connectivity index (χ1v) is 12.5. The highest BCUT2D eigenvalue weighted by atomic mass is 16.5. The van der Waals surface area contributed by atoms with E-state index in [9.17, 15) is 9.90 Å². The van der Waals surface area contributed by atoms with Gasteiger partial charge >= 0.3 is 0 Å². The van der Waals surface area contributed by atoms with E-state index in [1.807, 2.05) is 109 Å². The second-order valence-electron chi connectivity index (χ2n) is 8.94. The van der Waals surface area contributed by atoms with Crippen molar-refractivity contribution in [3.8, 4) is 22.6 Å². The van der Waals surface area contributed by atoms with E-state index in [0.717, 1.165) is 22.3 Å². The first kappa shape index (κ1) is 26.1. The number of hydrogen-bond acceptors (Lipinski definition) is 5. The monoisotopic (exact) mass is 495 g/mol. The lowest BCUT2D eigenvalue weighted by atomic mass is 9.99. The number of Topliss-reactive ketones (excluding diaryl/α,β-unsaturated/α-hetero) is 1. The summed E-state index contributed by atoms with van der Waals surface area (Å²) in [6.45, 7) is 1.80. The molecule has 0 radical (unpaired) electrons. The van der Waals surface area contributed by atoms with Crippen LogP contribution in [0, 0.1) is 0 Å². The van der Waals surface area contributed by atoms with Gasteiger partial charge in [0.1, 0.15) is 12.4 Å². The molecule has 0 spiro atoms. The van der Waals surface area contributed by atoms with E-state index in [-0.39, 0.29) is 18.7 Å². The topological polar surface area (TPSA) is 59.0 Å². The van der Waals surface area contributed by atoms with Gasteiger partial charge in [-0.15, -0.1) is 0 Å². The van der Waals surface area contributed by atoms with Gasteiger partial charge in [-0.3, -0.25) is 9.69 Å². The fourth-order valence-electron chi connectivity index (χ4n) is 4.25. The molecule has 0 amide bonds. The van der Waals surface area contributed by atoms with Gasteiger partial charge < -0.3 is 14.6 Å². The summed E-state index contributed by atoms with van der Waals surface area (Å²) in [6, 6.07) is 35.4. The highest BCUT2D eigenvalue weighted by Gasteiger charge is 2.17. The SMILES string of the molecule is COc1ccccc1OCCN(CC(=O)CC(O)c1ccc(-c2ccccc2)cc1)Cc1ccccc1. The molecule has 0 fully saturated rings. The van der Waals surface area contributed by atoms with Crippen LogP contribution in [0.15, 0.2) is 109 Å². The predicted octanol–water partition coefficient (Wildman–Crippen LogP) is 5.94. The van der Waals surface area contributed by atoms with E-state index in [4.69, 9.17) is 9.47 Å². The number of aliphatic hydroxyl groups is 1. The number of carbonyl (C=O) groups is 1. The Morgan fingerprint density at radius 3 is 2.05 bits per heavy atom. The zero-order valence-corrected chi connectivity index (χ0v) is 21.1. The summed E-state index contributed by atoms with van der Waals surface area (Å²) in [5.41, 5.74) is 4.05. The number of hydrogen-bond donors (Lipinski definition) is 1. The zero-order chi connectivity index (χ0) is 25.9. The van der Waals surface area contributed by atoms with Gasteiger partial charge in [0.2, 0.25) is 0 Å². The Kier molecular flexibility index (Phi) is 9.47. The van der Waals surface area contributed by atoms with E-state index in [2.05, 4.69) is 4.90 Å². The first-order valence-electron chi connectivity index (χ1n) is 12.5. The Morgan fingerprint density at radius 1 is 0.784 bits per heavy atom. The molecule has 1 atom stereocenters. The van der Waals surface area contributed by atoms with Gasteiger partial charge in [-0.2, -0.15) is 0 Å². The fourth-order valence-corrected chi connectivity index (χ4v) is 4.25. The van der Waals surface area contributed by atoms with E-state index in [0.29, 0.717) is 31.2 Å². The smallest absolute Gasteiger partial charge is 0.161 e. The molecule has 0 aliphatic rings. The van der Waals surface area contributed by atoms with Gasteiger partial charge in [0.05, 0.1) is 19.8 Å². The molecule has 4 aromatic rings. The Bertz CT molecular complexity index is 1240. The normalized spacial score (nSPS) is 11.8. The Hall–Kier alpha value is -3.93. The molecule has 37 heavy (non-hydrogen) atoms. The van der Waals surface area contributed by atoms with Crippen LogP contribution >= 0.6 is 0 Å². The van der Waals surface area contributed by atoms with Crippen molar-refractivity contribution in [2.75, 3.05) is 26.8 Å². The van der Waals surface area contributed by atoms with Crippen LogP contribution in [0.2, 0.25) is 0 Å². The maximum Gasteiger partial charge on any atom is 0.161 e. The van der Waals surface area contributed by atoms with Crippen molar-refractivity contribution in [2.45, 2.75) is 19.1 Å². The van der Waals surface area contributed by atoms with Gasteiger partial charge in [-0.25, -0.2) is 0 Å². The van der Waals surface area contributed by atoms with Crippen LogP contribution < -0.4 is 9.47 Å². The second-order valence-corrected chi connectivity index (χ2v) is 8.94. The van der Waals surface area contributed by atoms with E-state index >= 15 is 0 Å². The predicted molar refractivity (Wildman–Crippen MR) is 147 cm³/mol. The van der Waals surface area contributed by atoms with Crippen molar-refractivity contribution in [1.29, 1.82) is 0 Å². The molecular weight excluding hydrogens is 462 g/mol. The van der Waals surface area contributed by atoms with Crippen LogP contribution in [0.4, 0.5) is 0 Å². The number of ether oxygens (including phenoxy) is 2. The molecular formula is C32H33NO4. The van der Waals surface area contributed by atoms with Gasteiger partial charge in [-0.1, -0.05) is 97.1 Å². The lowest BCUT2D eigenvalue weighted by Crippen LogP contribution is -2.33. The molecule has 5 heteroatoms. The molecule has 4 rings (SSSR count). The number of rotatable bonds is 13. The number of ketones is 1. The molecule has 0 saturated carbocycles. The molecule has 190 valence electrons. The van der Waals surface area contributed by atoms with Gasteiger partial charge in [0.15, 0.2) is 11.5 Å². The Labute approximate surface area is 218 Å². The van der Waals surface area contributed by atoms with Crippen molar-refractivity contribution in [2.24, 2.45) is 0 Å². The molecule has 1 N–H and O–H groups in total. The van der Waals surface area contributed by atoms with Crippen LogP contribution in [-0.2, 0) is 11.3 Å². The number of aliphatic hydroxyl groups excluding tert-OH is 1. The number of benzene rings is 4. The summed E-state index contributed by atoms with van der Waals surface area (Å²) in [7, 11) is 1.61. The highest BCUT2D eigenvalue weighted by molar-refractivity contribution is 5.81. The molecule has 0 bridgehead atoms. The third-order valence-electron chi connectivity index (χ3n) is 6.21. The molecule has 0 aromatic heterocycles. The maximum atomic E-state index is 13.0. The lowest BCUT2D eigenvalue weighted by Gasteiger charge is -2.23. The average Bonchev–Trinajstić information content (AvgIpc) is 2.94. The Morgan fingerprint density at radius 2 is 1.38 bits per heavy atom. The summed E-state index contributed by atoms with van der Waals surface area (Å²) in [6.07, 6.45) is -0.788. The van der Waals surface area contributed by atoms with Crippen molar-refractivity contribution >= 4 is 5.78 Å². The van der Waals surface area contributed by atoms with Crippen LogP contribution in [0.5, 0.6) is 11.5 Å². The van der Waals surface area contributed by atoms with Crippen LogP contribution in [0.3, 0.4) is 0 Å². The minimum absolute atomic E-state index is 0.0205. The molecule has 1 unspecified atom stereocenters. The first-order chi connectivity index (χ1) is 18.1. The van der Waals surface area contributed by atoms with Crippen LogP contribution in [0.25, 0.3) is 11.1 Å². The van der Waals surface area contributed by atoms with Crippen molar-refractivity contribution in [3.05, 3.63) is 120 Å². The number of nitrogens with zero attached hydrogens (tertiary/aromatic N) is 1. The van der Waals surface area contributed by atoms with Crippen molar-refractivity contribution < 1.29 is 19.4 Å². The highest BCUT2D eigenvalue weighted by Crippen LogP contribution is 2.26. The number of para-hydroxylation sites is 2. The fraction of sp³-hybridized carbons (Fsp3) is 0.219. The largest absolute Gasteiger partial charge is 0.493 e.